The standard InChI is InChI=1S/C13H10N2O5S/c16-11(12-15-8(6-21-12)13(17)18)14-7-1-2-9-10(5-7)20-4-3-19-9/h1-2,5-6H,3-4H2,(H,14,16)(H,17,18). The summed E-state index contributed by atoms with van der Waals surface area (Å²) in [5.74, 6) is -0.445. The minimum atomic E-state index is -1.16. The van der Waals surface area contributed by atoms with Gasteiger partial charge in [0.05, 0.1) is 0 Å². The molecule has 2 heterocycles. The van der Waals surface area contributed by atoms with Crippen molar-refractivity contribution in [2.45, 2.75) is 0 Å². The highest BCUT2D eigenvalue weighted by Gasteiger charge is 2.16. The number of ether oxygens (including phenoxy) is 2. The SMILES string of the molecule is O=C(O)c1csc(C(=O)Nc2ccc3c(c2)OCCO3)n1. The number of carboxylic acid groups (broad SMARTS) is 1. The molecule has 0 radical (unpaired) electrons. The lowest BCUT2D eigenvalue weighted by atomic mass is 10.2. The van der Waals surface area contributed by atoms with E-state index in [0.717, 1.165) is 11.3 Å². The van der Waals surface area contributed by atoms with E-state index in [9.17, 15) is 9.59 Å². The molecule has 21 heavy (non-hydrogen) atoms. The maximum absolute atomic E-state index is 12.0. The summed E-state index contributed by atoms with van der Waals surface area (Å²) >= 11 is 0.974. The first-order valence-electron chi connectivity index (χ1n) is 6.03. The third-order valence-corrected chi connectivity index (χ3v) is 3.56. The highest BCUT2D eigenvalue weighted by Crippen LogP contribution is 2.32. The third kappa shape index (κ3) is 2.79. The van der Waals surface area contributed by atoms with Crippen LogP contribution in [0.15, 0.2) is 23.6 Å². The molecular formula is C13H10N2O5S. The average Bonchev–Trinajstić information content (AvgIpc) is 2.97. The van der Waals surface area contributed by atoms with E-state index < -0.39 is 11.9 Å². The summed E-state index contributed by atoms with van der Waals surface area (Å²) < 4.78 is 10.8. The van der Waals surface area contributed by atoms with Gasteiger partial charge in [-0.05, 0) is 12.1 Å². The molecule has 1 aromatic carbocycles. The van der Waals surface area contributed by atoms with Crippen LogP contribution in [0.4, 0.5) is 5.69 Å². The molecule has 0 unspecified atom stereocenters. The molecule has 0 bridgehead atoms. The second-order valence-corrected chi connectivity index (χ2v) is 5.01. The largest absolute Gasteiger partial charge is 0.486 e. The van der Waals surface area contributed by atoms with Crippen LogP contribution in [0, 0.1) is 0 Å². The first-order valence-corrected chi connectivity index (χ1v) is 6.91. The number of hydrogen-bond acceptors (Lipinski definition) is 6. The van der Waals surface area contributed by atoms with E-state index >= 15 is 0 Å². The predicted octanol–water partition coefficient (Wildman–Crippen LogP) is 1.86. The summed E-state index contributed by atoms with van der Waals surface area (Å²) in [6.07, 6.45) is 0. The van der Waals surface area contributed by atoms with Gasteiger partial charge in [0.15, 0.2) is 22.2 Å². The Morgan fingerprint density at radius 2 is 2.00 bits per heavy atom. The maximum atomic E-state index is 12.0. The Morgan fingerprint density at radius 3 is 2.71 bits per heavy atom. The zero-order valence-electron chi connectivity index (χ0n) is 10.7. The van der Waals surface area contributed by atoms with E-state index in [2.05, 4.69) is 10.3 Å². The maximum Gasteiger partial charge on any atom is 0.355 e. The van der Waals surface area contributed by atoms with Gasteiger partial charge in [-0.1, -0.05) is 0 Å². The van der Waals surface area contributed by atoms with E-state index in [1.54, 1.807) is 18.2 Å². The topological polar surface area (TPSA) is 97.8 Å². The highest BCUT2D eigenvalue weighted by atomic mass is 32.1. The summed E-state index contributed by atoms with van der Waals surface area (Å²) in [6.45, 7) is 0.953. The molecule has 3 rings (SSSR count). The number of amides is 1. The van der Waals surface area contributed by atoms with E-state index in [0.29, 0.717) is 30.4 Å². The normalized spacial score (nSPS) is 12.8. The van der Waals surface area contributed by atoms with Gasteiger partial charge in [0.1, 0.15) is 13.2 Å². The van der Waals surface area contributed by atoms with Crippen LogP contribution in [-0.2, 0) is 0 Å². The molecule has 0 spiro atoms. The lowest BCUT2D eigenvalue weighted by molar-refractivity contribution is 0.0691. The van der Waals surface area contributed by atoms with Crippen LogP contribution in [0.3, 0.4) is 0 Å². The fourth-order valence-electron chi connectivity index (χ4n) is 1.78. The number of aromatic nitrogens is 1. The number of carboxylic acids is 1. The van der Waals surface area contributed by atoms with Crippen LogP contribution in [0.2, 0.25) is 0 Å². The van der Waals surface area contributed by atoms with Gasteiger partial charge in [0.25, 0.3) is 5.91 Å². The van der Waals surface area contributed by atoms with Crippen molar-refractivity contribution in [1.29, 1.82) is 0 Å². The zero-order valence-corrected chi connectivity index (χ0v) is 11.5. The van der Waals surface area contributed by atoms with E-state index in [4.69, 9.17) is 14.6 Å². The quantitative estimate of drug-likeness (QED) is 0.898. The Bertz CT molecular complexity index is 712. The summed E-state index contributed by atoms with van der Waals surface area (Å²) in [5, 5.41) is 12.8. The molecule has 2 N–H and O–H groups in total. The molecule has 1 aromatic heterocycles. The first-order chi connectivity index (χ1) is 10.1. The minimum absolute atomic E-state index is 0.0855. The molecule has 0 saturated heterocycles. The molecule has 1 aliphatic rings. The summed E-state index contributed by atoms with van der Waals surface area (Å²) in [5.41, 5.74) is 0.378. The van der Waals surface area contributed by atoms with Gasteiger partial charge in [-0.3, -0.25) is 4.79 Å². The molecule has 0 saturated carbocycles. The van der Waals surface area contributed by atoms with Crippen LogP contribution in [0.5, 0.6) is 11.5 Å². The van der Waals surface area contributed by atoms with Crippen molar-refractivity contribution in [3.8, 4) is 11.5 Å². The van der Waals surface area contributed by atoms with Crippen molar-refractivity contribution >= 4 is 28.9 Å². The highest BCUT2D eigenvalue weighted by molar-refractivity contribution is 7.12. The molecular weight excluding hydrogens is 296 g/mol. The number of nitrogens with zero attached hydrogens (tertiary/aromatic N) is 1. The fraction of sp³-hybridized carbons (Fsp3) is 0.154. The molecule has 2 aromatic rings. The Labute approximate surface area is 123 Å². The van der Waals surface area contributed by atoms with Crippen LogP contribution < -0.4 is 14.8 Å². The second-order valence-electron chi connectivity index (χ2n) is 4.16. The lowest BCUT2D eigenvalue weighted by Crippen LogP contribution is -2.16. The van der Waals surface area contributed by atoms with Crippen molar-refractivity contribution in [2.24, 2.45) is 0 Å². The molecule has 1 aliphatic heterocycles. The third-order valence-electron chi connectivity index (χ3n) is 2.72. The summed E-state index contributed by atoms with van der Waals surface area (Å²) in [4.78, 5) is 26.5. The van der Waals surface area contributed by atoms with Gasteiger partial charge >= 0.3 is 5.97 Å². The van der Waals surface area contributed by atoms with Gasteiger partial charge in [-0.2, -0.15) is 0 Å². The van der Waals surface area contributed by atoms with Gasteiger partial charge in [-0.25, -0.2) is 9.78 Å². The van der Waals surface area contributed by atoms with Crippen molar-refractivity contribution in [3.05, 3.63) is 34.3 Å². The van der Waals surface area contributed by atoms with E-state index in [1.807, 2.05) is 0 Å². The number of thiazole rings is 1. The smallest absolute Gasteiger partial charge is 0.355 e. The number of aromatic carboxylic acids is 1. The van der Waals surface area contributed by atoms with Gasteiger partial charge in [0, 0.05) is 17.1 Å². The molecule has 0 aliphatic carbocycles. The Morgan fingerprint density at radius 1 is 1.24 bits per heavy atom. The Hall–Kier alpha value is -2.61. The number of nitrogens with one attached hydrogen (secondary N) is 1. The summed E-state index contributed by atoms with van der Waals surface area (Å²) in [6, 6.07) is 5.03. The molecule has 0 fully saturated rings. The number of carbonyl (C=O) groups excluding carboxylic acids is 1. The van der Waals surface area contributed by atoms with Crippen LogP contribution in [0.25, 0.3) is 0 Å². The van der Waals surface area contributed by atoms with Gasteiger partial charge in [-0.15, -0.1) is 11.3 Å². The number of benzene rings is 1. The van der Waals surface area contributed by atoms with Gasteiger partial charge < -0.3 is 19.9 Å². The van der Waals surface area contributed by atoms with Crippen molar-refractivity contribution < 1.29 is 24.2 Å². The van der Waals surface area contributed by atoms with Gasteiger partial charge in [0.2, 0.25) is 0 Å². The monoisotopic (exact) mass is 306 g/mol. The minimum Gasteiger partial charge on any atom is -0.486 e. The van der Waals surface area contributed by atoms with Crippen molar-refractivity contribution in [2.75, 3.05) is 18.5 Å². The number of rotatable bonds is 3. The second kappa shape index (κ2) is 5.41. The number of hydrogen-bond donors (Lipinski definition) is 2. The molecule has 1 amide bonds. The number of fused-ring (bicyclic) bond motifs is 1. The zero-order chi connectivity index (χ0) is 14.8. The average molecular weight is 306 g/mol. The van der Waals surface area contributed by atoms with Crippen LogP contribution in [-0.4, -0.2) is 35.2 Å². The fourth-order valence-corrected chi connectivity index (χ4v) is 2.47. The van der Waals surface area contributed by atoms with E-state index in [-0.39, 0.29) is 10.7 Å². The summed E-state index contributed by atoms with van der Waals surface area (Å²) in [7, 11) is 0. The van der Waals surface area contributed by atoms with E-state index in [1.165, 1.54) is 5.38 Å². The molecule has 0 atom stereocenters. The molecule has 7 nitrogen and oxygen atoms in total. The lowest BCUT2D eigenvalue weighted by Gasteiger charge is -2.18. The van der Waals surface area contributed by atoms with Crippen LogP contribution in [0.1, 0.15) is 20.3 Å². The number of carbonyl (C=O) groups is 2. The predicted molar refractivity (Wildman–Crippen MR) is 74.5 cm³/mol. The van der Waals surface area contributed by atoms with Crippen LogP contribution >= 0.6 is 11.3 Å². The molecule has 108 valence electrons. The molecule has 8 heteroatoms. The van der Waals surface area contributed by atoms with Crippen molar-refractivity contribution in [1.82, 2.24) is 4.98 Å². The number of anilines is 1. The first kappa shape index (κ1) is 13.4. The Balaban J connectivity index is 1.76. The van der Waals surface area contributed by atoms with Crippen molar-refractivity contribution in [3.63, 3.8) is 0 Å². The Kier molecular flexibility index (Phi) is 3.44.